The summed E-state index contributed by atoms with van der Waals surface area (Å²) < 4.78 is 5.25. The molecule has 3 nitrogen and oxygen atoms in total. The summed E-state index contributed by atoms with van der Waals surface area (Å²) in [5.41, 5.74) is 1.64. The summed E-state index contributed by atoms with van der Waals surface area (Å²) in [5, 5.41) is 9.98. The second kappa shape index (κ2) is 5.65. The molecule has 1 N–H and O–H groups in total. The Morgan fingerprint density at radius 3 is 2.50 bits per heavy atom. The molecular formula is C17H25NO2. The van der Waals surface area contributed by atoms with Crippen molar-refractivity contribution >= 4 is 0 Å². The van der Waals surface area contributed by atoms with Gasteiger partial charge in [0.15, 0.2) is 0 Å². The number of hydrogen-bond donors (Lipinski definition) is 1. The SMILES string of the molecule is COc1ccc(O)c(CN2CCC3(CCCC3)CC2)c1. The van der Waals surface area contributed by atoms with Crippen molar-refractivity contribution in [2.24, 2.45) is 5.41 Å². The van der Waals surface area contributed by atoms with Crippen molar-refractivity contribution in [3.63, 3.8) is 0 Å². The quantitative estimate of drug-likeness (QED) is 0.915. The van der Waals surface area contributed by atoms with E-state index in [2.05, 4.69) is 4.90 Å². The third-order valence-corrected chi connectivity index (χ3v) is 5.26. The number of phenolic OH excluding ortho intramolecular Hbond substituents is 1. The highest BCUT2D eigenvalue weighted by atomic mass is 16.5. The maximum Gasteiger partial charge on any atom is 0.120 e. The van der Waals surface area contributed by atoms with E-state index < -0.39 is 0 Å². The monoisotopic (exact) mass is 275 g/mol. The predicted octanol–water partition coefficient (Wildman–Crippen LogP) is 3.56. The van der Waals surface area contributed by atoms with Crippen molar-refractivity contribution in [1.82, 2.24) is 4.90 Å². The van der Waals surface area contributed by atoms with Crippen LogP contribution in [0.4, 0.5) is 0 Å². The molecule has 0 atom stereocenters. The molecule has 0 unspecified atom stereocenters. The average molecular weight is 275 g/mol. The topological polar surface area (TPSA) is 32.7 Å². The molecule has 1 aliphatic heterocycles. The van der Waals surface area contributed by atoms with Gasteiger partial charge in [0.2, 0.25) is 0 Å². The minimum Gasteiger partial charge on any atom is -0.508 e. The van der Waals surface area contributed by atoms with Crippen molar-refractivity contribution in [2.75, 3.05) is 20.2 Å². The van der Waals surface area contributed by atoms with Gasteiger partial charge in [0.25, 0.3) is 0 Å². The van der Waals surface area contributed by atoms with Crippen LogP contribution in [0.3, 0.4) is 0 Å². The van der Waals surface area contributed by atoms with Crippen LogP contribution in [0.15, 0.2) is 18.2 Å². The van der Waals surface area contributed by atoms with Gasteiger partial charge >= 0.3 is 0 Å². The molecule has 1 heterocycles. The van der Waals surface area contributed by atoms with E-state index in [9.17, 15) is 5.11 Å². The van der Waals surface area contributed by atoms with Crippen molar-refractivity contribution < 1.29 is 9.84 Å². The summed E-state index contributed by atoms with van der Waals surface area (Å²) in [4.78, 5) is 2.47. The lowest BCUT2D eigenvalue weighted by atomic mass is 9.77. The third-order valence-electron chi connectivity index (χ3n) is 5.26. The van der Waals surface area contributed by atoms with E-state index in [0.717, 1.165) is 30.9 Å². The number of methoxy groups -OCH3 is 1. The normalized spacial score (nSPS) is 22.2. The number of likely N-dealkylation sites (tertiary alicyclic amines) is 1. The Morgan fingerprint density at radius 2 is 1.85 bits per heavy atom. The molecule has 0 amide bonds. The van der Waals surface area contributed by atoms with Gasteiger partial charge in [-0.3, -0.25) is 4.90 Å². The lowest BCUT2D eigenvalue weighted by molar-refractivity contribution is 0.103. The van der Waals surface area contributed by atoms with Crippen LogP contribution in [-0.4, -0.2) is 30.2 Å². The van der Waals surface area contributed by atoms with E-state index in [1.54, 1.807) is 13.2 Å². The zero-order valence-corrected chi connectivity index (χ0v) is 12.4. The number of rotatable bonds is 3. The van der Waals surface area contributed by atoms with Crippen LogP contribution >= 0.6 is 0 Å². The van der Waals surface area contributed by atoms with Crippen molar-refractivity contribution in [1.29, 1.82) is 0 Å². The second-order valence-electron chi connectivity index (χ2n) is 6.48. The first-order chi connectivity index (χ1) is 9.71. The van der Waals surface area contributed by atoms with Crippen molar-refractivity contribution in [3.05, 3.63) is 23.8 Å². The van der Waals surface area contributed by atoms with Gasteiger partial charge in [-0.15, -0.1) is 0 Å². The zero-order valence-electron chi connectivity index (χ0n) is 12.4. The van der Waals surface area contributed by atoms with E-state index in [-0.39, 0.29) is 0 Å². The van der Waals surface area contributed by atoms with Crippen LogP contribution in [0.2, 0.25) is 0 Å². The lowest BCUT2D eigenvalue weighted by Gasteiger charge is -2.39. The maximum atomic E-state index is 9.98. The molecule has 1 saturated carbocycles. The molecule has 1 aliphatic carbocycles. The smallest absolute Gasteiger partial charge is 0.120 e. The molecule has 20 heavy (non-hydrogen) atoms. The molecule has 1 spiro atoms. The first-order valence-corrected chi connectivity index (χ1v) is 7.79. The van der Waals surface area contributed by atoms with Crippen LogP contribution in [-0.2, 0) is 6.54 Å². The molecule has 2 aliphatic rings. The Balaban J connectivity index is 1.62. The highest BCUT2D eigenvalue weighted by molar-refractivity contribution is 5.39. The number of ether oxygens (including phenoxy) is 1. The lowest BCUT2D eigenvalue weighted by Crippen LogP contribution is -2.38. The van der Waals surface area contributed by atoms with E-state index in [1.807, 2.05) is 12.1 Å². The first-order valence-electron chi connectivity index (χ1n) is 7.79. The highest BCUT2D eigenvalue weighted by Crippen LogP contribution is 2.46. The number of benzene rings is 1. The number of piperidine rings is 1. The molecule has 3 heteroatoms. The van der Waals surface area contributed by atoms with Crippen LogP contribution in [0.25, 0.3) is 0 Å². The largest absolute Gasteiger partial charge is 0.508 e. The Labute approximate surface area is 121 Å². The number of aromatic hydroxyl groups is 1. The number of nitrogens with zero attached hydrogens (tertiary/aromatic N) is 1. The zero-order chi connectivity index (χ0) is 14.0. The van der Waals surface area contributed by atoms with Gasteiger partial charge in [-0.1, -0.05) is 12.8 Å². The van der Waals surface area contributed by atoms with Crippen LogP contribution < -0.4 is 4.74 Å². The standard InChI is InChI=1S/C17H25NO2/c1-20-15-4-5-16(19)14(12-15)13-18-10-8-17(9-11-18)6-2-3-7-17/h4-5,12,19H,2-3,6-11,13H2,1H3. The number of phenols is 1. The molecule has 2 fully saturated rings. The minimum absolute atomic E-state index is 0.381. The summed E-state index contributed by atoms with van der Waals surface area (Å²) in [5.74, 6) is 1.20. The molecule has 1 aromatic rings. The Kier molecular flexibility index (Phi) is 3.88. The maximum absolute atomic E-state index is 9.98. The van der Waals surface area contributed by atoms with Gasteiger partial charge in [0.05, 0.1) is 7.11 Å². The van der Waals surface area contributed by atoms with Gasteiger partial charge in [-0.05, 0) is 62.4 Å². The fourth-order valence-electron chi connectivity index (χ4n) is 3.87. The van der Waals surface area contributed by atoms with Gasteiger partial charge in [-0.25, -0.2) is 0 Å². The summed E-state index contributed by atoms with van der Waals surface area (Å²) >= 11 is 0. The Morgan fingerprint density at radius 1 is 1.15 bits per heavy atom. The Bertz CT molecular complexity index is 456. The molecule has 1 saturated heterocycles. The minimum atomic E-state index is 0.381. The van der Waals surface area contributed by atoms with Gasteiger partial charge < -0.3 is 9.84 Å². The predicted molar refractivity (Wildman–Crippen MR) is 80.1 cm³/mol. The summed E-state index contributed by atoms with van der Waals surface area (Å²) in [6.45, 7) is 3.16. The van der Waals surface area contributed by atoms with Crippen LogP contribution in [0, 0.1) is 5.41 Å². The molecule has 0 radical (unpaired) electrons. The number of hydrogen-bond acceptors (Lipinski definition) is 3. The first kappa shape index (κ1) is 13.7. The second-order valence-corrected chi connectivity index (χ2v) is 6.48. The fourth-order valence-corrected chi connectivity index (χ4v) is 3.87. The van der Waals surface area contributed by atoms with Crippen molar-refractivity contribution in [3.8, 4) is 11.5 Å². The van der Waals surface area contributed by atoms with E-state index in [0.29, 0.717) is 11.2 Å². The molecule has 1 aromatic carbocycles. The molecular weight excluding hydrogens is 250 g/mol. The van der Waals surface area contributed by atoms with Crippen molar-refractivity contribution in [2.45, 2.75) is 45.1 Å². The van der Waals surface area contributed by atoms with E-state index in [4.69, 9.17) is 4.74 Å². The van der Waals surface area contributed by atoms with Gasteiger partial charge in [-0.2, -0.15) is 0 Å². The van der Waals surface area contributed by atoms with Gasteiger partial charge in [0, 0.05) is 12.1 Å². The summed E-state index contributed by atoms with van der Waals surface area (Å²) in [7, 11) is 1.67. The summed E-state index contributed by atoms with van der Waals surface area (Å²) in [6, 6.07) is 5.49. The van der Waals surface area contributed by atoms with Crippen LogP contribution in [0.5, 0.6) is 11.5 Å². The average Bonchev–Trinajstić information content (AvgIpc) is 2.92. The summed E-state index contributed by atoms with van der Waals surface area (Å²) in [6.07, 6.45) is 8.39. The Hall–Kier alpha value is -1.22. The van der Waals surface area contributed by atoms with Gasteiger partial charge in [0.1, 0.15) is 11.5 Å². The molecule has 110 valence electrons. The molecule has 0 aromatic heterocycles. The molecule has 0 bridgehead atoms. The highest BCUT2D eigenvalue weighted by Gasteiger charge is 2.36. The van der Waals surface area contributed by atoms with Crippen LogP contribution in [0.1, 0.15) is 44.1 Å². The molecule has 3 rings (SSSR count). The fraction of sp³-hybridized carbons (Fsp3) is 0.647. The van der Waals surface area contributed by atoms with E-state index >= 15 is 0 Å². The third kappa shape index (κ3) is 2.78. The van der Waals surface area contributed by atoms with E-state index in [1.165, 1.54) is 38.5 Å².